The second-order valence-electron chi connectivity index (χ2n) is 13.0. The van der Waals surface area contributed by atoms with Gasteiger partial charge in [0.25, 0.3) is 0 Å². The highest BCUT2D eigenvalue weighted by Gasteiger charge is 2.59. The first-order valence-corrected chi connectivity index (χ1v) is 16.5. The predicted molar refractivity (Wildman–Crippen MR) is 172 cm³/mol. The summed E-state index contributed by atoms with van der Waals surface area (Å²) in [6.07, 6.45) is 19.4. The van der Waals surface area contributed by atoms with Gasteiger partial charge in [-0.05, 0) is 136 Å². The summed E-state index contributed by atoms with van der Waals surface area (Å²) in [6, 6.07) is 8.95. The van der Waals surface area contributed by atoms with Crippen molar-refractivity contribution < 1.29 is 10.3 Å². The standard InChI is InChI=1S/C28H34N2O2.C6H15N.C2H6/c1-27-11-9-23-15-19-4-5-24(30-32)16-20(19)8-12-28(23,31)26(27)7-6-25(27)21-3-2-18-10-13-29-17-22(18)14-21;1-3-4-5-6-7-2;1-2/h2-3,9-10,13-14,17,19-20,25-26,31-32H,4-8,11-12,15-16H2,1H3;7H,3-6H2,1-2H3;1-2H3/b30-24-;;/t19?,20?,25?,26?,27?,28-;;/m1../s1. The third-order valence-corrected chi connectivity index (χ3v) is 10.8. The van der Waals surface area contributed by atoms with Gasteiger partial charge in [-0.15, -0.1) is 0 Å². The number of hydrogen-bond donors (Lipinski definition) is 3. The van der Waals surface area contributed by atoms with Gasteiger partial charge < -0.3 is 15.6 Å². The SMILES string of the molecule is CC.CC12CC=C3CC4CC/C(=N/O)CC4CC[C@]3(O)C1CCC2c1ccc2ccncc2c1.CCCCCNC. The first kappa shape index (κ1) is 31.7. The Balaban J connectivity index is 0.000000380. The average Bonchev–Trinajstić information content (AvgIpc) is 3.30. The molecular formula is C36H55N3O2. The Kier molecular flexibility index (Phi) is 11.0. The number of benzene rings is 1. The van der Waals surface area contributed by atoms with Crippen LogP contribution in [0.2, 0.25) is 0 Å². The molecule has 0 radical (unpaired) electrons. The number of fused-ring (bicyclic) bond motifs is 5. The second-order valence-corrected chi connectivity index (χ2v) is 13.0. The lowest BCUT2D eigenvalue weighted by atomic mass is 9.57. The van der Waals surface area contributed by atoms with E-state index in [1.54, 1.807) is 0 Å². The lowest BCUT2D eigenvalue weighted by Gasteiger charge is -2.50. The molecule has 0 bridgehead atoms. The summed E-state index contributed by atoms with van der Waals surface area (Å²) < 4.78 is 0. The van der Waals surface area contributed by atoms with Crippen LogP contribution in [-0.2, 0) is 0 Å². The van der Waals surface area contributed by atoms with Gasteiger partial charge in [0.15, 0.2) is 0 Å². The molecule has 6 atom stereocenters. The number of unbranched alkanes of at least 4 members (excludes halogenated alkanes) is 2. The highest BCUT2D eigenvalue weighted by atomic mass is 16.4. The number of nitrogens with zero attached hydrogens (tertiary/aromatic N) is 2. The second kappa shape index (κ2) is 14.3. The van der Waals surface area contributed by atoms with Gasteiger partial charge in [0.2, 0.25) is 0 Å². The maximum atomic E-state index is 12.3. The van der Waals surface area contributed by atoms with Gasteiger partial charge in [0, 0.05) is 17.8 Å². The first-order chi connectivity index (χ1) is 19.9. The Labute approximate surface area is 248 Å². The Bertz CT molecular complexity index is 1190. The number of rotatable bonds is 5. The largest absolute Gasteiger partial charge is 0.411 e. The van der Waals surface area contributed by atoms with Crippen LogP contribution in [0.15, 0.2) is 53.5 Å². The van der Waals surface area contributed by atoms with Crippen LogP contribution in [0.4, 0.5) is 0 Å². The Morgan fingerprint density at radius 3 is 2.59 bits per heavy atom. The average molecular weight is 562 g/mol. The fraction of sp³-hybridized carbons (Fsp3) is 0.667. The summed E-state index contributed by atoms with van der Waals surface area (Å²) in [5, 5.41) is 30.6. The molecule has 0 spiro atoms. The number of oxime groups is 1. The summed E-state index contributed by atoms with van der Waals surface area (Å²) in [4.78, 5) is 4.33. The molecule has 1 aromatic heterocycles. The smallest absolute Gasteiger partial charge is 0.0890 e. The molecule has 4 aliphatic rings. The van der Waals surface area contributed by atoms with Gasteiger partial charge in [-0.2, -0.15) is 0 Å². The molecule has 226 valence electrons. The van der Waals surface area contributed by atoms with Gasteiger partial charge in [-0.1, -0.05) is 63.9 Å². The molecule has 6 rings (SSSR count). The van der Waals surface area contributed by atoms with Crippen molar-refractivity contribution >= 4 is 16.5 Å². The van der Waals surface area contributed by atoms with Gasteiger partial charge in [0.1, 0.15) is 0 Å². The number of aromatic nitrogens is 1. The molecule has 1 heterocycles. The summed E-state index contributed by atoms with van der Waals surface area (Å²) in [7, 11) is 2.00. The van der Waals surface area contributed by atoms with E-state index in [4.69, 9.17) is 0 Å². The van der Waals surface area contributed by atoms with Gasteiger partial charge in [0.05, 0.1) is 11.3 Å². The van der Waals surface area contributed by atoms with Crippen molar-refractivity contribution in [3.8, 4) is 0 Å². The Morgan fingerprint density at radius 1 is 1.02 bits per heavy atom. The number of pyridine rings is 1. The van der Waals surface area contributed by atoms with E-state index < -0.39 is 5.60 Å². The highest BCUT2D eigenvalue weighted by Crippen LogP contribution is 2.64. The van der Waals surface area contributed by atoms with E-state index in [0.29, 0.717) is 23.7 Å². The number of aliphatic hydroxyl groups is 1. The molecule has 3 fully saturated rings. The summed E-state index contributed by atoms with van der Waals surface area (Å²) >= 11 is 0. The zero-order valence-electron chi connectivity index (χ0n) is 26.3. The molecule has 2 aromatic rings. The van der Waals surface area contributed by atoms with Crippen LogP contribution in [0.1, 0.15) is 116 Å². The molecule has 4 aliphatic carbocycles. The topological polar surface area (TPSA) is 77.7 Å². The van der Waals surface area contributed by atoms with Crippen LogP contribution in [0.25, 0.3) is 10.8 Å². The molecule has 5 heteroatoms. The number of allylic oxidation sites excluding steroid dienone is 1. The van der Waals surface area contributed by atoms with E-state index in [2.05, 4.69) is 59.6 Å². The monoisotopic (exact) mass is 561 g/mol. The molecule has 0 saturated heterocycles. The molecule has 5 unspecified atom stereocenters. The van der Waals surface area contributed by atoms with Crippen molar-refractivity contribution in [1.29, 1.82) is 0 Å². The van der Waals surface area contributed by atoms with E-state index >= 15 is 0 Å². The van der Waals surface area contributed by atoms with Crippen LogP contribution in [0, 0.1) is 23.2 Å². The minimum absolute atomic E-state index is 0.0847. The van der Waals surface area contributed by atoms with Gasteiger partial charge in [-0.3, -0.25) is 4.98 Å². The lowest BCUT2D eigenvalue weighted by molar-refractivity contribution is -0.0499. The third-order valence-electron chi connectivity index (χ3n) is 10.8. The predicted octanol–water partition coefficient (Wildman–Crippen LogP) is 8.65. The minimum atomic E-state index is -0.673. The molecule has 41 heavy (non-hydrogen) atoms. The van der Waals surface area contributed by atoms with Gasteiger partial charge in [-0.25, -0.2) is 0 Å². The van der Waals surface area contributed by atoms with E-state index in [9.17, 15) is 10.3 Å². The number of nitrogens with one attached hydrogen (secondary N) is 1. The maximum absolute atomic E-state index is 12.3. The fourth-order valence-corrected chi connectivity index (χ4v) is 8.61. The molecule has 0 aliphatic heterocycles. The van der Waals surface area contributed by atoms with Crippen LogP contribution in [0.5, 0.6) is 0 Å². The Hall–Kier alpha value is -2.24. The van der Waals surface area contributed by atoms with Crippen molar-refractivity contribution in [2.24, 2.45) is 28.3 Å². The highest BCUT2D eigenvalue weighted by molar-refractivity contribution is 5.85. The summed E-state index contributed by atoms with van der Waals surface area (Å²) in [5.41, 5.74) is 3.09. The number of hydrogen-bond acceptors (Lipinski definition) is 5. The van der Waals surface area contributed by atoms with E-state index in [1.807, 2.05) is 33.3 Å². The van der Waals surface area contributed by atoms with Crippen molar-refractivity contribution in [3.05, 3.63) is 53.9 Å². The van der Waals surface area contributed by atoms with Crippen LogP contribution in [-0.4, -0.2) is 40.2 Å². The van der Waals surface area contributed by atoms with Crippen molar-refractivity contribution in [2.75, 3.05) is 13.6 Å². The van der Waals surface area contributed by atoms with Crippen LogP contribution in [0.3, 0.4) is 0 Å². The molecule has 3 N–H and O–H groups in total. The van der Waals surface area contributed by atoms with Crippen molar-refractivity contribution in [3.63, 3.8) is 0 Å². The zero-order chi connectivity index (χ0) is 29.5. The van der Waals surface area contributed by atoms with Crippen molar-refractivity contribution in [1.82, 2.24) is 10.3 Å². The quantitative estimate of drug-likeness (QED) is 0.148. The lowest BCUT2D eigenvalue weighted by Crippen LogP contribution is -2.49. The van der Waals surface area contributed by atoms with Crippen LogP contribution >= 0.6 is 0 Å². The van der Waals surface area contributed by atoms with Crippen molar-refractivity contribution in [2.45, 2.75) is 116 Å². The minimum Gasteiger partial charge on any atom is -0.411 e. The van der Waals surface area contributed by atoms with Gasteiger partial charge >= 0.3 is 0 Å². The third kappa shape index (κ3) is 6.57. The molecule has 0 amide bonds. The fourth-order valence-electron chi connectivity index (χ4n) is 8.61. The van der Waals surface area contributed by atoms with Crippen LogP contribution < -0.4 is 5.32 Å². The normalized spacial score (nSPS) is 33.2. The molecular weight excluding hydrogens is 506 g/mol. The van der Waals surface area contributed by atoms with E-state index in [0.717, 1.165) is 63.5 Å². The van der Waals surface area contributed by atoms with E-state index in [-0.39, 0.29) is 5.41 Å². The summed E-state index contributed by atoms with van der Waals surface area (Å²) in [6.45, 7) is 9.83. The molecule has 1 aromatic carbocycles. The molecule has 3 saturated carbocycles. The summed E-state index contributed by atoms with van der Waals surface area (Å²) in [5.74, 6) is 1.95. The maximum Gasteiger partial charge on any atom is 0.0890 e. The van der Waals surface area contributed by atoms with E-state index in [1.165, 1.54) is 47.7 Å². The first-order valence-electron chi connectivity index (χ1n) is 16.5. The zero-order valence-corrected chi connectivity index (χ0v) is 26.3. The molecule has 5 nitrogen and oxygen atoms in total. The Morgan fingerprint density at radius 2 is 1.83 bits per heavy atom.